The highest BCUT2D eigenvalue weighted by molar-refractivity contribution is 5.83. The van der Waals surface area contributed by atoms with Gasteiger partial charge in [0.2, 0.25) is 5.91 Å². The zero-order chi connectivity index (χ0) is 14.6. The Hall–Kier alpha value is -1.14. The van der Waals surface area contributed by atoms with Crippen LogP contribution in [0.25, 0.3) is 0 Å². The lowest BCUT2D eigenvalue weighted by Crippen LogP contribution is -2.54. The van der Waals surface area contributed by atoms with Crippen LogP contribution in [-0.2, 0) is 14.3 Å². The molecule has 20 heavy (non-hydrogen) atoms. The van der Waals surface area contributed by atoms with E-state index in [-0.39, 0.29) is 11.4 Å². The first kappa shape index (κ1) is 15.3. The van der Waals surface area contributed by atoms with E-state index in [1.54, 1.807) is 0 Å². The molecular weight excluding hydrogens is 260 g/mol. The fraction of sp³-hybridized carbons (Fsp3) is 0.857. The Kier molecular flexibility index (Phi) is 4.99. The number of carboxylic acids is 1. The number of nitrogens with zero attached hydrogens (tertiary/aromatic N) is 1. The summed E-state index contributed by atoms with van der Waals surface area (Å²) in [5.74, 6) is -1.15. The second-order valence-corrected chi connectivity index (χ2v) is 5.84. The Morgan fingerprint density at radius 3 is 2.45 bits per heavy atom. The van der Waals surface area contributed by atoms with E-state index in [0.717, 1.165) is 52.0 Å². The zero-order valence-corrected chi connectivity index (χ0v) is 12.1. The van der Waals surface area contributed by atoms with Gasteiger partial charge in [0, 0.05) is 25.0 Å². The van der Waals surface area contributed by atoms with Crippen molar-refractivity contribution in [1.82, 2.24) is 10.2 Å². The number of carbonyl (C=O) groups excluding carboxylic acids is 1. The van der Waals surface area contributed by atoms with Crippen LogP contribution in [0.4, 0.5) is 0 Å². The number of carbonyl (C=O) groups is 2. The number of amides is 1. The highest BCUT2D eigenvalue weighted by Crippen LogP contribution is 2.38. The molecule has 0 radical (unpaired) electrons. The fourth-order valence-electron chi connectivity index (χ4n) is 3.33. The van der Waals surface area contributed by atoms with Crippen molar-refractivity contribution in [3.63, 3.8) is 0 Å². The molecule has 1 heterocycles. The number of rotatable bonds is 5. The maximum absolute atomic E-state index is 12.1. The maximum Gasteiger partial charge on any atom is 0.325 e. The topological polar surface area (TPSA) is 78.9 Å². The van der Waals surface area contributed by atoms with Crippen LogP contribution in [0, 0.1) is 0 Å². The molecule has 6 nitrogen and oxygen atoms in total. The molecule has 1 saturated carbocycles. The van der Waals surface area contributed by atoms with Gasteiger partial charge >= 0.3 is 5.97 Å². The van der Waals surface area contributed by atoms with Crippen molar-refractivity contribution in [3.05, 3.63) is 0 Å². The summed E-state index contributed by atoms with van der Waals surface area (Å²) in [7, 11) is 0. The zero-order valence-electron chi connectivity index (χ0n) is 12.1. The maximum atomic E-state index is 12.1. The Labute approximate surface area is 119 Å². The molecule has 0 aromatic heterocycles. The molecule has 1 unspecified atom stereocenters. The van der Waals surface area contributed by atoms with Gasteiger partial charge in [-0.05, 0) is 19.8 Å². The SMILES string of the molecule is CC(NC(=O)CC1(N2CCOCC2)CCCC1)C(=O)O. The minimum Gasteiger partial charge on any atom is -0.480 e. The second-order valence-electron chi connectivity index (χ2n) is 5.84. The summed E-state index contributed by atoms with van der Waals surface area (Å²) in [4.78, 5) is 25.3. The first-order valence-electron chi connectivity index (χ1n) is 7.38. The number of hydrogen-bond donors (Lipinski definition) is 2. The van der Waals surface area contributed by atoms with Crippen LogP contribution in [-0.4, -0.2) is 59.8 Å². The van der Waals surface area contributed by atoms with Gasteiger partial charge in [-0.2, -0.15) is 0 Å². The van der Waals surface area contributed by atoms with E-state index in [1.807, 2.05) is 0 Å². The number of nitrogens with one attached hydrogen (secondary N) is 1. The van der Waals surface area contributed by atoms with E-state index in [9.17, 15) is 9.59 Å². The standard InChI is InChI=1S/C14H24N2O4/c1-11(13(18)19)15-12(17)10-14(4-2-3-5-14)16-6-8-20-9-7-16/h11H,2-10H2,1H3,(H,15,17)(H,18,19). The summed E-state index contributed by atoms with van der Waals surface area (Å²) in [5.41, 5.74) is -0.0912. The number of morpholine rings is 1. The Morgan fingerprint density at radius 1 is 1.30 bits per heavy atom. The average molecular weight is 284 g/mol. The van der Waals surface area contributed by atoms with Crippen molar-refractivity contribution < 1.29 is 19.4 Å². The molecule has 2 fully saturated rings. The molecule has 0 aromatic carbocycles. The smallest absolute Gasteiger partial charge is 0.325 e. The Morgan fingerprint density at radius 2 is 1.90 bits per heavy atom. The van der Waals surface area contributed by atoms with Gasteiger partial charge in [0.1, 0.15) is 6.04 Å². The largest absolute Gasteiger partial charge is 0.480 e. The predicted octanol–water partition coefficient (Wildman–Crippen LogP) is 0.611. The van der Waals surface area contributed by atoms with Gasteiger partial charge in [0.15, 0.2) is 0 Å². The van der Waals surface area contributed by atoms with Crippen molar-refractivity contribution in [2.45, 2.75) is 50.6 Å². The number of ether oxygens (including phenoxy) is 1. The van der Waals surface area contributed by atoms with Crippen molar-refractivity contribution >= 4 is 11.9 Å². The average Bonchev–Trinajstić information content (AvgIpc) is 2.89. The molecule has 1 aliphatic heterocycles. The van der Waals surface area contributed by atoms with Gasteiger partial charge in [-0.15, -0.1) is 0 Å². The van der Waals surface area contributed by atoms with Crippen LogP contribution in [0.1, 0.15) is 39.0 Å². The van der Waals surface area contributed by atoms with Crippen LogP contribution in [0.15, 0.2) is 0 Å². The quantitative estimate of drug-likeness (QED) is 0.773. The summed E-state index contributed by atoms with van der Waals surface area (Å²) in [6.45, 7) is 4.66. The van der Waals surface area contributed by atoms with Crippen molar-refractivity contribution in [3.8, 4) is 0 Å². The number of aliphatic carboxylic acids is 1. The lowest BCUT2D eigenvalue weighted by atomic mass is 9.90. The number of hydrogen-bond acceptors (Lipinski definition) is 4. The van der Waals surface area contributed by atoms with E-state index in [1.165, 1.54) is 6.92 Å². The molecule has 2 rings (SSSR count). The van der Waals surface area contributed by atoms with E-state index >= 15 is 0 Å². The summed E-state index contributed by atoms with van der Waals surface area (Å²) >= 11 is 0. The van der Waals surface area contributed by atoms with Crippen molar-refractivity contribution in [2.75, 3.05) is 26.3 Å². The second kappa shape index (κ2) is 6.54. The Balaban J connectivity index is 1.98. The molecule has 0 bridgehead atoms. The van der Waals surface area contributed by atoms with E-state index in [2.05, 4.69) is 10.2 Å². The lowest BCUT2D eigenvalue weighted by molar-refractivity contribution is -0.141. The van der Waals surface area contributed by atoms with Gasteiger partial charge in [0.25, 0.3) is 0 Å². The highest BCUT2D eigenvalue weighted by atomic mass is 16.5. The van der Waals surface area contributed by atoms with Crippen LogP contribution < -0.4 is 5.32 Å². The van der Waals surface area contributed by atoms with Crippen molar-refractivity contribution in [1.29, 1.82) is 0 Å². The summed E-state index contributed by atoms with van der Waals surface area (Å²) in [6, 6.07) is -0.828. The molecule has 1 aliphatic carbocycles. The summed E-state index contributed by atoms with van der Waals surface area (Å²) < 4.78 is 5.39. The minimum atomic E-state index is -0.995. The van der Waals surface area contributed by atoms with E-state index < -0.39 is 12.0 Å². The molecule has 0 spiro atoms. The molecule has 2 N–H and O–H groups in total. The fourth-order valence-corrected chi connectivity index (χ4v) is 3.33. The van der Waals surface area contributed by atoms with Gasteiger partial charge in [-0.25, -0.2) is 0 Å². The normalized spacial score (nSPS) is 24.2. The van der Waals surface area contributed by atoms with E-state index in [0.29, 0.717) is 6.42 Å². The van der Waals surface area contributed by atoms with Crippen LogP contribution in [0.5, 0.6) is 0 Å². The van der Waals surface area contributed by atoms with Crippen LogP contribution >= 0.6 is 0 Å². The monoisotopic (exact) mass is 284 g/mol. The first-order chi connectivity index (χ1) is 9.53. The highest BCUT2D eigenvalue weighted by Gasteiger charge is 2.41. The predicted molar refractivity (Wildman–Crippen MR) is 73.4 cm³/mol. The first-order valence-corrected chi connectivity index (χ1v) is 7.38. The molecule has 1 saturated heterocycles. The van der Waals surface area contributed by atoms with Crippen molar-refractivity contribution in [2.24, 2.45) is 0 Å². The third kappa shape index (κ3) is 3.49. The van der Waals surface area contributed by atoms with Crippen LogP contribution in [0.3, 0.4) is 0 Å². The van der Waals surface area contributed by atoms with Gasteiger partial charge in [-0.3, -0.25) is 14.5 Å². The molecular formula is C14H24N2O4. The van der Waals surface area contributed by atoms with Gasteiger partial charge < -0.3 is 15.2 Å². The third-order valence-electron chi connectivity index (χ3n) is 4.45. The molecule has 1 atom stereocenters. The number of carboxylic acid groups (broad SMARTS) is 1. The van der Waals surface area contributed by atoms with Gasteiger partial charge in [0.05, 0.1) is 13.2 Å². The lowest BCUT2D eigenvalue weighted by Gasteiger charge is -2.43. The van der Waals surface area contributed by atoms with E-state index in [4.69, 9.17) is 9.84 Å². The molecule has 6 heteroatoms. The molecule has 114 valence electrons. The molecule has 2 aliphatic rings. The molecule has 0 aromatic rings. The third-order valence-corrected chi connectivity index (χ3v) is 4.45. The summed E-state index contributed by atoms with van der Waals surface area (Å²) in [5, 5.41) is 11.4. The van der Waals surface area contributed by atoms with Gasteiger partial charge in [-0.1, -0.05) is 12.8 Å². The minimum absolute atomic E-state index is 0.0912. The Bertz CT molecular complexity index is 360. The summed E-state index contributed by atoms with van der Waals surface area (Å²) in [6.07, 6.45) is 4.70. The van der Waals surface area contributed by atoms with Crippen LogP contribution in [0.2, 0.25) is 0 Å². The molecule has 1 amide bonds.